The first-order valence-corrected chi connectivity index (χ1v) is 8.48. The van der Waals surface area contributed by atoms with E-state index in [-0.39, 0.29) is 6.04 Å². The van der Waals surface area contributed by atoms with Crippen LogP contribution < -0.4 is 4.74 Å². The van der Waals surface area contributed by atoms with Gasteiger partial charge in [0.05, 0.1) is 12.6 Å². The summed E-state index contributed by atoms with van der Waals surface area (Å²) in [6, 6.07) is 18.0. The number of nitrogens with zero attached hydrogens (tertiary/aromatic N) is 3. The molecule has 2 aromatic carbocycles. The molecular weight excluding hydrogens is 314 g/mol. The molecule has 3 aromatic rings. The lowest BCUT2D eigenvalue weighted by Crippen LogP contribution is -2.22. The van der Waals surface area contributed by atoms with Gasteiger partial charge in [-0.2, -0.15) is 4.98 Å². The molecule has 0 aliphatic carbocycles. The summed E-state index contributed by atoms with van der Waals surface area (Å²) in [5.74, 6) is 2.13. The van der Waals surface area contributed by atoms with Gasteiger partial charge in [-0.1, -0.05) is 47.6 Å². The first kappa shape index (κ1) is 17.2. The fraction of sp³-hybridized carbons (Fsp3) is 0.300. The minimum atomic E-state index is 0.0246. The average molecular weight is 337 g/mol. The zero-order valence-corrected chi connectivity index (χ0v) is 14.8. The third-order valence-electron chi connectivity index (χ3n) is 4.16. The standard InChI is InChI=1S/C20H23N3O2/c1-4-24-18-12-10-16(11-13-18)14-23(3)15(2)20-21-19(22-25-20)17-8-6-5-7-9-17/h5-13,15H,4,14H2,1-3H3. The summed E-state index contributed by atoms with van der Waals surface area (Å²) in [5.41, 5.74) is 2.17. The summed E-state index contributed by atoms with van der Waals surface area (Å²) in [7, 11) is 2.05. The fourth-order valence-corrected chi connectivity index (χ4v) is 2.58. The lowest BCUT2D eigenvalue weighted by molar-refractivity contribution is 0.202. The zero-order valence-electron chi connectivity index (χ0n) is 14.8. The molecule has 5 nitrogen and oxygen atoms in total. The maximum Gasteiger partial charge on any atom is 0.244 e. The van der Waals surface area contributed by atoms with Crippen molar-refractivity contribution in [3.63, 3.8) is 0 Å². The van der Waals surface area contributed by atoms with Gasteiger partial charge in [-0.3, -0.25) is 4.90 Å². The molecule has 0 radical (unpaired) electrons. The Kier molecular flexibility index (Phi) is 5.46. The minimum absolute atomic E-state index is 0.0246. The Balaban J connectivity index is 1.66. The van der Waals surface area contributed by atoms with E-state index in [0.717, 1.165) is 17.9 Å². The van der Waals surface area contributed by atoms with E-state index in [2.05, 4.69) is 34.1 Å². The van der Waals surface area contributed by atoms with Crippen LogP contribution in [-0.2, 0) is 6.54 Å². The van der Waals surface area contributed by atoms with E-state index < -0.39 is 0 Å². The van der Waals surface area contributed by atoms with Gasteiger partial charge in [0.1, 0.15) is 5.75 Å². The van der Waals surface area contributed by atoms with Crippen molar-refractivity contribution >= 4 is 0 Å². The number of hydrogen-bond donors (Lipinski definition) is 0. The molecule has 1 aromatic heterocycles. The Morgan fingerprint density at radius 3 is 2.48 bits per heavy atom. The van der Waals surface area contributed by atoms with Crippen molar-refractivity contribution in [1.82, 2.24) is 15.0 Å². The number of aromatic nitrogens is 2. The Labute approximate surface area is 148 Å². The SMILES string of the molecule is CCOc1ccc(CN(C)C(C)c2nc(-c3ccccc3)no2)cc1. The monoisotopic (exact) mass is 337 g/mol. The third kappa shape index (κ3) is 4.25. The highest BCUT2D eigenvalue weighted by Crippen LogP contribution is 2.23. The van der Waals surface area contributed by atoms with Crippen LogP contribution in [0.5, 0.6) is 5.75 Å². The van der Waals surface area contributed by atoms with Crippen LogP contribution in [0.4, 0.5) is 0 Å². The van der Waals surface area contributed by atoms with Crippen molar-refractivity contribution in [1.29, 1.82) is 0 Å². The van der Waals surface area contributed by atoms with Crippen LogP contribution >= 0.6 is 0 Å². The van der Waals surface area contributed by atoms with Gasteiger partial charge in [0.2, 0.25) is 11.7 Å². The summed E-state index contributed by atoms with van der Waals surface area (Å²) >= 11 is 0. The predicted molar refractivity (Wildman–Crippen MR) is 97.2 cm³/mol. The normalized spacial score (nSPS) is 12.3. The number of rotatable bonds is 7. The molecule has 130 valence electrons. The maximum atomic E-state index is 5.48. The van der Waals surface area contributed by atoms with E-state index in [9.17, 15) is 0 Å². The minimum Gasteiger partial charge on any atom is -0.494 e. The van der Waals surface area contributed by atoms with Gasteiger partial charge in [-0.05, 0) is 38.6 Å². The van der Waals surface area contributed by atoms with E-state index >= 15 is 0 Å². The molecule has 0 aliphatic heterocycles. The molecular formula is C20H23N3O2. The van der Waals surface area contributed by atoms with E-state index in [1.54, 1.807) is 0 Å². The zero-order chi connectivity index (χ0) is 17.6. The van der Waals surface area contributed by atoms with Crippen molar-refractivity contribution in [2.45, 2.75) is 26.4 Å². The van der Waals surface area contributed by atoms with Crippen LogP contribution in [0.15, 0.2) is 59.1 Å². The maximum absolute atomic E-state index is 5.48. The van der Waals surface area contributed by atoms with Crippen LogP contribution in [0.25, 0.3) is 11.4 Å². The molecule has 5 heteroatoms. The molecule has 0 bridgehead atoms. The fourth-order valence-electron chi connectivity index (χ4n) is 2.58. The highest BCUT2D eigenvalue weighted by molar-refractivity contribution is 5.53. The molecule has 0 fully saturated rings. The van der Waals surface area contributed by atoms with E-state index in [4.69, 9.17) is 9.26 Å². The molecule has 1 heterocycles. The van der Waals surface area contributed by atoms with Crippen LogP contribution in [0.2, 0.25) is 0 Å². The van der Waals surface area contributed by atoms with Gasteiger partial charge in [0.25, 0.3) is 0 Å². The number of benzene rings is 2. The molecule has 0 amide bonds. The van der Waals surface area contributed by atoms with Gasteiger partial charge in [-0.25, -0.2) is 0 Å². The van der Waals surface area contributed by atoms with Crippen molar-refractivity contribution in [3.05, 3.63) is 66.1 Å². The number of hydrogen-bond acceptors (Lipinski definition) is 5. The topological polar surface area (TPSA) is 51.4 Å². The van der Waals surface area contributed by atoms with Crippen molar-refractivity contribution < 1.29 is 9.26 Å². The summed E-state index contributed by atoms with van der Waals surface area (Å²) in [6.45, 7) is 5.52. The first-order valence-electron chi connectivity index (χ1n) is 8.48. The smallest absolute Gasteiger partial charge is 0.244 e. The first-order chi connectivity index (χ1) is 12.2. The second kappa shape index (κ2) is 7.94. The lowest BCUT2D eigenvalue weighted by Gasteiger charge is -2.21. The second-order valence-electron chi connectivity index (χ2n) is 5.99. The average Bonchev–Trinajstić information content (AvgIpc) is 3.14. The molecule has 0 saturated carbocycles. The Morgan fingerprint density at radius 2 is 1.80 bits per heavy atom. The van der Waals surface area contributed by atoms with Gasteiger partial charge in [0, 0.05) is 12.1 Å². The molecule has 0 saturated heterocycles. The van der Waals surface area contributed by atoms with Crippen LogP contribution in [0.1, 0.15) is 31.3 Å². The molecule has 0 N–H and O–H groups in total. The molecule has 0 aliphatic rings. The quantitative estimate of drug-likeness (QED) is 0.642. The van der Waals surface area contributed by atoms with Gasteiger partial charge in [0.15, 0.2) is 0 Å². The lowest BCUT2D eigenvalue weighted by atomic mass is 10.2. The van der Waals surface area contributed by atoms with E-state index in [1.165, 1.54) is 5.56 Å². The van der Waals surface area contributed by atoms with Crippen molar-refractivity contribution in [3.8, 4) is 17.1 Å². The van der Waals surface area contributed by atoms with Crippen LogP contribution in [0, 0.1) is 0 Å². The number of ether oxygens (including phenoxy) is 1. The van der Waals surface area contributed by atoms with Gasteiger partial charge < -0.3 is 9.26 Å². The van der Waals surface area contributed by atoms with Gasteiger partial charge in [-0.15, -0.1) is 0 Å². The Hall–Kier alpha value is -2.66. The summed E-state index contributed by atoms with van der Waals surface area (Å²) < 4.78 is 10.9. The molecule has 3 rings (SSSR count). The Bertz CT molecular complexity index is 784. The summed E-state index contributed by atoms with van der Waals surface area (Å²) in [5, 5.41) is 4.10. The van der Waals surface area contributed by atoms with E-state index in [0.29, 0.717) is 18.3 Å². The highest BCUT2D eigenvalue weighted by Gasteiger charge is 2.19. The second-order valence-corrected chi connectivity index (χ2v) is 5.99. The van der Waals surface area contributed by atoms with Crippen LogP contribution in [-0.4, -0.2) is 28.7 Å². The highest BCUT2D eigenvalue weighted by atomic mass is 16.5. The molecule has 1 unspecified atom stereocenters. The summed E-state index contributed by atoms with van der Waals surface area (Å²) in [4.78, 5) is 6.72. The van der Waals surface area contributed by atoms with Crippen molar-refractivity contribution in [2.75, 3.05) is 13.7 Å². The summed E-state index contributed by atoms with van der Waals surface area (Å²) in [6.07, 6.45) is 0. The van der Waals surface area contributed by atoms with Crippen molar-refractivity contribution in [2.24, 2.45) is 0 Å². The predicted octanol–water partition coefficient (Wildman–Crippen LogP) is 4.33. The third-order valence-corrected chi connectivity index (χ3v) is 4.16. The molecule has 1 atom stereocenters. The Morgan fingerprint density at radius 1 is 1.08 bits per heavy atom. The molecule has 0 spiro atoms. The van der Waals surface area contributed by atoms with Gasteiger partial charge >= 0.3 is 0 Å². The molecule has 25 heavy (non-hydrogen) atoms. The van der Waals surface area contributed by atoms with Crippen LogP contribution in [0.3, 0.4) is 0 Å². The largest absolute Gasteiger partial charge is 0.494 e. The van der Waals surface area contributed by atoms with E-state index in [1.807, 2.05) is 56.4 Å².